The lowest BCUT2D eigenvalue weighted by Crippen LogP contribution is -2.42. The van der Waals surface area contributed by atoms with E-state index in [-0.39, 0.29) is 19.0 Å². The fourth-order valence-electron chi connectivity index (χ4n) is 2.40. The predicted molar refractivity (Wildman–Crippen MR) is 89.6 cm³/mol. The predicted octanol–water partition coefficient (Wildman–Crippen LogP) is 3.12. The highest BCUT2D eigenvalue weighted by Crippen LogP contribution is 2.29. The highest BCUT2D eigenvalue weighted by atomic mass is 35.5. The summed E-state index contributed by atoms with van der Waals surface area (Å²) < 4.78 is 73.8. The number of β-amino-alcohol motifs (C(OH)–C–C–N with tert-alkyl or cyclic N) is 1. The molecular weight excluding hydrogens is 286 g/mol. The molecule has 2 rings (SSSR count). The molecule has 0 amide bonds. The molecule has 0 fully saturated rings. The Morgan fingerprint density at radius 2 is 2.10 bits per heavy atom. The molecule has 0 saturated heterocycles. The van der Waals surface area contributed by atoms with Gasteiger partial charge in [0.1, 0.15) is 18.5 Å². The molecule has 0 radical (unpaired) electrons. The zero-order valence-corrected chi connectivity index (χ0v) is 12.6. The minimum atomic E-state index is -3.36. The number of nitrogens with one attached hydrogen (secondary N) is 1. The number of benzene rings is 1. The average molecular weight is 323 g/mol. The van der Waals surface area contributed by atoms with Gasteiger partial charge in [-0.3, -0.25) is 0 Å². The van der Waals surface area contributed by atoms with Gasteiger partial charge in [-0.1, -0.05) is 12.1 Å². The number of hydrogen-bond acceptors (Lipinski definition) is 3. The van der Waals surface area contributed by atoms with Crippen molar-refractivity contribution in [2.45, 2.75) is 57.9 Å². The third-order valence-corrected chi connectivity index (χ3v) is 3.39. The summed E-state index contributed by atoms with van der Waals surface area (Å²) in [5.74, 6) is 0.620. The van der Waals surface area contributed by atoms with E-state index in [0.717, 1.165) is 31.2 Å². The smallest absolute Gasteiger partial charge is 0.122 e. The molecule has 1 aromatic carbocycles. The fourth-order valence-corrected chi connectivity index (χ4v) is 2.40. The van der Waals surface area contributed by atoms with E-state index < -0.39 is 38.7 Å². The maximum atomic E-state index is 10.2. The van der Waals surface area contributed by atoms with E-state index >= 15 is 0 Å². The number of aliphatic hydroxyl groups is 1. The molecule has 0 aliphatic heterocycles. The fraction of sp³-hybridized carbons (Fsp3) is 0.647. The first kappa shape index (κ1) is 8.76. The van der Waals surface area contributed by atoms with Gasteiger partial charge in [0.05, 0.1) is 0 Å². The van der Waals surface area contributed by atoms with Gasteiger partial charge in [0.25, 0.3) is 0 Å². The summed E-state index contributed by atoms with van der Waals surface area (Å²) in [6.45, 7) is -10.9. The summed E-state index contributed by atoms with van der Waals surface area (Å²) in [7, 11) is 0. The maximum absolute atomic E-state index is 10.2. The molecule has 0 saturated carbocycles. The Labute approximate surface area is 147 Å². The second-order valence-electron chi connectivity index (χ2n) is 5.20. The molecule has 1 atom stereocenters. The van der Waals surface area contributed by atoms with E-state index in [9.17, 15) is 5.11 Å². The van der Waals surface area contributed by atoms with E-state index in [1.807, 2.05) is 12.1 Å². The normalized spacial score (nSPS) is 24.0. The Kier molecular flexibility index (Phi) is 3.34. The number of hydrogen-bond donors (Lipinski definition) is 2. The first-order valence-electron chi connectivity index (χ1n) is 11.4. The van der Waals surface area contributed by atoms with Gasteiger partial charge in [-0.25, -0.2) is 0 Å². The van der Waals surface area contributed by atoms with E-state index in [0.29, 0.717) is 5.75 Å². The topological polar surface area (TPSA) is 41.5 Å². The van der Waals surface area contributed by atoms with Crippen molar-refractivity contribution < 1.29 is 22.2 Å². The SMILES string of the molecule is Cl.[2H]C([2H])([2H])C(NCC(O)COc1cccc2c1CCCC2)(C([2H])([2H])[2H])C([2H])([2H])[2H]. The van der Waals surface area contributed by atoms with Crippen LogP contribution in [0, 0.1) is 0 Å². The number of aryl methyl sites for hydroxylation is 1. The molecule has 0 heterocycles. The van der Waals surface area contributed by atoms with Gasteiger partial charge in [0.2, 0.25) is 0 Å². The van der Waals surface area contributed by atoms with E-state index in [1.165, 1.54) is 5.56 Å². The molecule has 0 spiro atoms. The zero-order chi connectivity index (χ0) is 22.1. The van der Waals surface area contributed by atoms with Crippen molar-refractivity contribution in [3.05, 3.63) is 29.3 Å². The summed E-state index contributed by atoms with van der Waals surface area (Å²) in [6, 6.07) is 5.66. The number of halogens is 1. The summed E-state index contributed by atoms with van der Waals surface area (Å²) in [4.78, 5) is 0. The van der Waals surface area contributed by atoms with Gasteiger partial charge < -0.3 is 15.2 Å². The number of ether oxygens (including phenoxy) is 1. The maximum Gasteiger partial charge on any atom is 0.122 e. The molecule has 3 nitrogen and oxygen atoms in total. The van der Waals surface area contributed by atoms with Gasteiger partial charge in [-0.2, -0.15) is 0 Å². The summed E-state index contributed by atoms with van der Waals surface area (Å²) in [5.41, 5.74) is -0.909. The van der Waals surface area contributed by atoms with Gasteiger partial charge in [0.15, 0.2) is 0 Å². The van der Waals surface area contributed by atoms with Crippen LogP contribution in [0.5, 0.6) is 5.75 Å². The lowest BCUT2D eigenvalue weighted by atomic mass is 9.91. The second-order valence-corrected chi connectivity index (χ2v) is 5.20. The highest BCUT2D eigenvalue weighted by molar-refractivity contribution is 5.85. The zero-order valence-electron chi connectivity index (χ0n) is 20.8. The molecule has 21 heavy (non-hydrogen) atoms. The van der Waals surface area contributed by atoms with Crippen LogP contribution in [0.3, 0.4) is 0 Å². The Bertz CT molecular complexity index is 668. The van der Waals surface area contributed by atoms with Crippen LogP contribution in [0.1, 0.15) is 56.9 Å². The Balaban J connectivity index is 0.00000450. The van der Waals surface area contributed by atoms with Crippen LogP contribution in [0.4, 0.5) is 0 Å². The number of rotatable bonds is 5. The molecule has 120 valence electrons. The van der Waals surface area contributed by atoms with Crippen molar-refractivity contribution in [1.29, 1.82) is 0 Å². The third kappa shape index (κ3) is 5.85. The second kappa shape index (κ2) is 8.02. The Morgan fingerprint density at radius 3 is 2.86 bits per heavy atom. The molecule has 0 aromatic heterocycles. The minimum Gasteiger partial charge on any atom is -0.491 e. The molecule has 1 aliphatic carbocycles. The summed E-state index contributed by atoms with van der Waals surface area (Å²) in [5, 5.41) is 12.4. The standard InChI is InChI=1S/C17H27NO2.ClH/c1-17(2,3)18-11-14(19)12-20-16-10-6-8-13-7-4-5-9-15(13)16;/h6,8,10,14,18-19H,4-5,7,9,11-12H2,1-3H3;1H/i1D3,2D3,3D3;. The number of fused-ring (bicyclic) bond motifs is 1. The van der Waals surface area contributed by atoms with Crippen molar-refractivity contribution in [2.75, 3.05) is 13.2 Å². The largest absolute Gasteiger partial charge is 0.491 e. The first-order chi connectivity index (χ1) is 13.2. The minimum absolute atomic E-state index is 0. The van der Waals surface area contributed by atoms with Crippen LogP contribution < -0.4 is 10.1 Å². The molecule has 1 aromatic rings. The third-order valence-electron chi connectivity index (χ3n) is 3.39. The molecule has 0 bridgehead atoms. The van der Waals surface area contributed by atoms with Crippen LogP contribution in [0.2, 0.25) is 0 Å². The monoisotopic (exact) mass is 322 g/mol. The van der Waals surface area contributed by atoms with Crippen molar-refractivity contribution >= 4 is 12.4 Å². The van der Waals surface area contributed by atoms with Crippen LogP contribution >= 0.6 is 12.4 Å². The lowest BCUT2D eigenvalue weighted by molar-refractivity contribution is 0.0994. The molecule has 4 heteroatoms. The van der Waals surface area contributed by atoms with Crippen molar-refractivity contribution in [3.63, 3.8) is 0 Å². The highest BCUT2D eigenvalue weighted by Gasteiger charge is 2.16. The van der Waals surface area contributed by atoms with Gasteiger partial charge in [-0.05, 0) is 63.4 Å². The molecule has 2 N–H and O–H groups in total. The lowest BCUT2D eigenvalue weighted by Gasteiger charge is -2.24. The Morgan fingerprint density at radius 1 is 1.33 bits per heavy atom. The first-order valence-corrected chi connectivity index (χ1v) is 6.87. The molecule has 1 unspecified atom stereocenters. The van der Waals surface area contributed by atoms with Crippen LogP contribution in [0.15, 0.2) is 18.2 Å². The van der Waals surface area contributed by atoms with Crippen LogP contribution in [-0.4, -0.2) is 29.9 Å². The van der Waals surface area contributed by atoms with E-state index in [4.69, 9.17) is 17.1 Å². The van der Waals surface area contributed by atoms with Crippen molar-refractivity contribution in [3.8, 4) is 5.75 Å². The van der Waals surface area contributed by atoms with E-state index in [1.54, 1.807) is 6.07 Å². The van der Waals surface area contributed by atoms with Gasteiger partial charge in [-0.15, -0.1) is 12.4 Å². The Hall–Kier alpha value is -0.770. The quantitative estimate of drug-likeness (QED) is 0.875. The van der Waals surface area contributed by atoms with Crippen LogP contribution in [0.25, 0.3) is 0 Å². The van der Waals surface area contributed by atoms with E-state index in [2.05, 4.69) is 5.32 Å². The summed E-state index contributed by atoms with van der Waals surface area (Å²) >= 11 is 0. The van der Waals surface area contributed by atoms with Gasteiger partial charge in [0, 0.05) is 24.4 Å². The van der Waals surface area contributed by atoms with Crippen LogP contribution in [-0.2, 0) is 12.8 Å². The average Bonchev–Trinajstić information content (AvgIpc) is 2.56. The van der Waals surface area contributed by atoms with Crippen molar-refractivity contribution in [1.82, 2.24) is 5.32 Å². The van der Waals surface area contributed by atoms with Gasteiger partial charge >= 0.3 is 0 Å². The number of aliphatic hydroxyl groups excluding tert-OH is 1. The molecular formula is C17H28ClNO2. The summed E-state index contributed by atoms with van der Waals surface area (Å²) in [6.07, 6.45) is 2.65. The van der Waals surface area contributed by atoms with Crippen molar-refractivity contribution in [2.24, 2.45) is 0 Å². The molecule has 1 aliphatic rings.